The van der Waals surface area contributed by atoms with E-state index in [-0.39, 0.29) is 17.2 Å². The van der Waals surface area contributed by atoms with E-state index in [2.05, 4.69) is 13.8 Å². The van der Waals surface area contributed by atoms with E-state index < -0.39 is 5.97 Å². The number of carboxylic acid groups (broad SMARTS) is 1. The molecule has 0 saturated heterocycles. The summed E-state index contributed by atoms with van der Waals surface area (Å²) in [5.74, 6) is 0.348. The van der Waals surface area contributed by atoms with Gasteiger partial charge in [-0.3, -0.25) is 4.79 Å². The Kier molecular flexibility index (Phi) is 4.82. The normalized spacial score (nSPS) is 23.2. The summed E-state index contributed by atoms with van der Waals surface area (Å²) in [6.45, 7) is 6.58. The van der Waals surface area contributed by atoms with Crippen LogP contribution in [0.1, 0.15) is 45.6 Å². The second-order valence-electron chi connectivity index (χ2n) is 7.86. The van der Waals surface area contributed by atoms with Gasteiger partial charge >= 0.3 is 5.97 Å². The van der Waals surface area contributed by atoms with Gasteiger partial charge in [-0.1, -0.05) is 32.9 Å². The van der Waals surface area contributed by atoms with Crippen LogP contribution in [0.5, 0.6) is 5.75 Å². The largest absolute Gasteiger partial charge is 0.497 e. The van der Waals surface area contributed by atoms with E-state index in [1.54, 1.807) is 12.0 Å². The fourth-order valence-electron chi connectivity index (χ4n) is 4.35. The van der Waals surface area contributed by atoms with Crippen molar-refractivity contribution < 1.29 is 19.4 Å². The van der Waals surface area contributed by atoms with Crippen molar-refractivity contribution in [2.24, 2.45) is 17.3 Å². The summed E-state index contributed by atoms with van der Waals surface area (Å²) in [4.78, 5) is 26.4. The number of amides is 1. The highest BCUT2D eigenvalue weighted by Crippen LogP contribution is 2.61. The fourth-order valence-corrected chi connectivity index (χ4v) is 4.35. The van der Waals surface area contributed by atoms with E-state index >= 15 is 0 Å². The number of rotatable bonds is 6. The molecule has 3 aliphatic rings. The van der Waals surface area contributed by atoms with E-state index in [9.17, 15) is 14.7 Å². The van der Waals surface area contributed by atoms with E-state index in [1.165, 1.54) is 0 Å². The second kappa shape index (κ2) is 6.78. The van der Waals surface area contributed by atoms with E-state index in [1.807, 2.05) is 31.2 Å². The standard InChI is InChI=1S/C21H27NO4/c1-5-18(23)22(12-13-6-8-15(26-4)9-7-13)19-16(20(24)25)10-14-11-17(19)21(14,2)3/h6-9,14,17H,5,10-12H2,1-4H3,(H,24,25)/t14-,17-/m0/s1. The number of hydrogen-bond acceptors (Lipinski definition) is 3. The number of benzene rings is 1. The number of allylic oxidation sites excluding steroid dienone is 1. The Morgan fingerprint density at radius 1 is 1.27 bits per heavy atom. The third-order valence-electron chi connectivity index (χ3n) is 6.21. The molecule has 1 aromatic rings. The lowest BCUT2D eigenvalue weighted by Gasteiger charge is -2.58. The first-order valence-electron chi connectivity index (χ1n) is 9.19. The second-order valence-corrected chi connectivity index (χ2v) is 7.86. The number of carbonyl (C=O) groups excluding carboxylic acids is 1. The van der Waals surface area contributed by atoms with Gasteiger partial charge in [0.15, 0.2) is 0 Å². The summed E-state index contributed by atoms with van der Waals surface area (Å²) in [6.07, 6.45) is 1.86. The van der Waals surface area contributed by atoms with Crippen LogP contribution in [0.25, 0.3) is 0 Å². The maximum atomic E-state index is 12.8. The van der Waals surface area contributed by atoms with Gasteiger partial charge in [-0.25, -0.2) is 4.79 Å². The van der Waals surface area contributed by atoms with Crippen molar-refractivity contribution in [2.75, 3.05) is 7.11 Å². The molecular weight excluding hydrogens is 330 g/mol. The van der Waals surface area contributed by atoms with Crippen molar-refractivity contribution in [3.63, 3.8) is 0 Å². The van der Waals surface area contributed by atoms with E-state index in [0.29, 0.717) is 30.9 Å². The first-order valence-corrected chi connectivity index (χ1v) is 9.19. The van der Waals surface area contributed by atoms with Crippen LogP contribution in [-0.2, 0) is 16.1 Å². The van der Waals surface area contributed by atoms with Gasteiger partial charge in [0.05, 0.1) is 19.2 Å². The number of methoxy groups -OCH3 is 1. The minimum absolute atomic E-state index is 0.0317. The smallest absolute Gasteiger partial charge is 0.333 e. The van der Waals surface area contributed by atoms with Crippen molar-refractivity contribution >= 4 is 11.9 Å². The maximum absolute atomic E-state index is 12.8. The monoisotopic (exact) mass is 357 g/mol. The van der Waals surface area contributed by atoms with Gasteiger partial charge in [-0.2, -0.15) is 0 Å². The van der Waals surface area contributed by atoms with E-state index in [4.69, 9.17) is 4.74 Å². The van der Waals surface area contributed by atoms with Crippen molar-refractivity contribution in [3.8, 4) is 5.75 Å². The molecule has 2 atom stereocenters. The van der Waals surface area contributed by atoms with Gasteiger partial charge in [0, 0.05) is 18.0 Å². The highest BCUT2D eigenvalue weighted by atomic mass is 16.5. The molecule has 0 heterocycles. The first kappa shape index (κ1) is 18.5. The molecule has 4 rings (SSSR count). The topological polar surface area (TPSA) is 66.8 Å². The minimum Gasteiger partial charge on any atom is -0.497 e. The third-order valence-corrected chi connectivity index (χ3v) is 6.21. The molecule has 0 unspecified atom stereocenters. The number of carboxylic acids is 1. The number of nitrogens with zero attached hydrogens (tertiary/aromatic N) is 1. The molecular formula is C21H27NO4. The first-order chi connectivity index (χ1) is 12.3. The molecule has 1 amide bonds. The molecule has 0 radical (unpaired) electrons. The van der Waals surface area contributed by atoms with Crippen LogP contribution >= 0.6 is 0 Å². The Bertz CT molecular complexity index is 748. The van der Waals surface area contributed by atoms with Crippen LogP contribution in [0.15, 0.2) is 35.5 Å². The van der Waals surface area contributed by atoms with Gasteiger partial charge in [0.2, 0.25) is 5.91 Å². The molecule has 140 valence electrons. The molecule has 26 heavy (non-hydrogen) atoms. The minimum atomic E-state index is -0.895. The highest BCUT2D eigenvalue weighted by Gasteiger charge is 2.56. The predicted molar refractivity (Wildman–Crippen MR) is 98.5 cm³/mol. The molecule has 1 fully saturated rings. The van der Waals surface area contributed by atoms with Crippen molar-refractivity contribution in [2.45, 2.75) is 46.6 Å². The van der Waals surface area contributed by atoms with Crippen molar-refractivity contribution in [1.29, 1.82) is 0 Å². The summed E-state index contributed by atoms with van der Waals surface area (Å²) < 4.78 is 5.19. The van der Waals surface area contributed by atoms with Gasteiger partial charge in [-0.05, 0) is 41.9 Å². The van der Waals surface area contributed by atoms with E-state index in [0.717, 1.165) is 23.4 Å². The maximum Gasteiger partial charge on any atom is 0.333 e. The zero-order valence-corrected chi connectivity index (χ0v) is 15.9. The third kappa shape index (κ3) is 3.00. The lowest BCUT2D eigenvalue weighted by Crippen LogP contribution is -2.54. The zero-order valence-electron chi connectivity index (χ0n) is 15.9. The summed E-state index contributed by atoms with van der Waals surface area (Å²) in [7, 11) is 1.61. The number of fused-ring (bicyclic) bond motifs is 1. The van der Waals surface area contributed by atoms with Crippen LogP contribution in [0, 0.1) is 17.3 Å². The molecule has 5 nitrogen and oxygen atoms in total. The Morgan fingerprint density at radius 3 is 2.42 bits per heavy atom. The molecule has 1 N–H and O–H groups in total. The van der Waals surface area contributed by atoms with Crippen LogP contribution in [0.4, 0.5) is 0 Å². The molecule has 5 heteroatoms. The zero-order chi connectivity index (χ0) is 19.1. The predicted octanol–water partition coefficient (Wildman–Crippen LogP) is 3.84. The fraction of sp³-hybridized carbons (Fsp3) is 0.524. The number of aliphatic carboxylic acids is 1. The van der Waals surface area contributed by atoms with Crippen LogP contribution in [0.2, 0.25) is 0 Å². The van der Waals surface area contributed by atoms with Crippen molar-refractivity contribution in [1.82, 2.24) is 4.90 Å². The summed E-state index contributed by atoms with van der Waals surface area (Å²) >= 11 is 0. The number of carbonyl (C=O) groups is 2. The molecule has 0 aromatic heterocycles. The SMILES string of the molecule is CCC(=O)N(Cc1ccc(OC)cc1)C1=C(C(=O)O)C[C@H]2C[C@@H]1C2(C)C. The van der Waals surface area contributed by atoms with Gasteiger partial charge in [-0.15, -0.1) is 0 Å². The average molecular weight is 357 g/mol. The number of hydrogen-bond donors (Lipinski definition) is 1. The molecule has 2 bridgehead atoms. The summed E-state index contributed by atoms with van der Waals surface area (Å²) in [5.41, 5.74) is 2.15. The van der Waals surface area contributed by atoms with Crippen LogP contribution in [0.3, 0.4) is 0 Å². The lowest BCUT2D eigenvalue weighted by atomic mass is 9.48. The Balaban J connectivity index is 2.00. The Labute approximate surface area is 154 Å². The van der Waals surface area contributed by atoms with Crippen LogP contribution < -0.4 is 4.74 Å². The molecule has 3 aliphatic carbocycles. The quantitative estimate of drug-likeness (QED) is 0.840. The summed E-state index contributed by atoms with van der Waals surface area (Å²) in [6, 6.07) is 7.57. The van der Waals surface area contributed by atoms with Gasteiger partial charge < -0.3 is 14.7 Å². The number of ether oxygens (including phenoxy) is 1. The average Bonchev–Trinajstić information content (AvgIpc) is 2.65. The lowest BCUT2D eigenvalue weighted by molar-refractivity contribution is -0.137. The van der Waals surface area contributed by atoms with Crippen LogP contribution in [-0.4, -0.2) is 29.0 Å². The summed E-state index contributed by atoms with van der Waals surface area (Å²) in [5, 5.41) is 9.74. The van der Waals surface area contributed by atoms with Gasteiger partial charge in [0.25, 0.3) is 0 Å². The highest BCUT2D eigenvalue weighted by molar-refractivity contribution is 5.90. The van der Waals surface area contributed by atoms with Crippen molar-refractivity contribution in [3.05, 3.63) is 41.1 Å². The molecule has 1 aromatic carbocycles. The van der Waals surface area contributed by atoms with Gasteiger partial charge in [0.1, 0.15) is 5.75 Å². The molecule has 0 aliphatic heterocycles. The molecule has 1 saturated carbocycles. The Hall–Kier alpha value is -2.30. The Morgan fingerprint density at radius 2 is 1.92 bits per heavy atom. The molecule has 0 spiro atoms.